The number of nitrogens with one attached hydrogen (secondary N) is 1. The SMILES string of the molecule is CC(C)(C)c1cc(NC(=O)[C@@H]2CC(=O)CN2C2CCOCC2)no1. The Balaban J connectivity index is 1.68. The molecule has 7 nitrogen and oxygen atoms in total. The third-order valence-corrected chi connectivity index (χ3v) is 4.64. The number of carbonyl (C=O) groups is 2. The highest BCUT2D eigenvalue weighted by molar-refractivity contribution is 5.99. The van der Waals surface area contributed by atoms with Gasteiger partial charge in [0.1, 0.15) is 11.5 Å². The van der Waals surface area contributed by atoms with Gasteiger partial charge in [0, 0.05) is 37.2 Å². The van der Waals surface area contributed by atoms with E-state index in [1.807, 2.05) is 25.7 Å². The molecule has 7 heteroatoms. The van der Waals surface area contributed by atoms with Gasteiger partial charge >= 0.3 is 0 Å². The van der Waals surface area contributed by atoms with E-state index in [0.29, 0.717) is 31.3 Å². The molecule has 1 amide bonds. The van der Waals surface area contributed by atoms with Crippen molar-refractivity contribution >= 4 is 17.5 Å². The summed E-state index contributed by atoms with van der Waals surface area (Å²) in [6, 6.07) is 1.53. The van der Waals surface area contributed by atoms with Gasteiger partial charge in [-0.15, -0.1) is 0 Å². The molecule has 0 unspecified atom stereocenters. The van der Waals surface area contributed by atoms with Crippen LogP contribution in [0.1, 0.15) is 45.8 Å². The van der Waals surface area contributed by atoms with Crippen molar-refractivity contribution in [3.05, 3.63) is 11.8 Å². The van der Waals surface area contributed by atoms with E-state index in [0.717, 1.165) is 12.8 Å². The Hall–Kier alpha value is -1.73. The van der Waals surface area contributed by atoms with Crippen LogP contribution in [-0.4, -0.2) is 53.6 Å². The first kappa shape index (κ1) is 17.1. The summed E-state index contributed by atoms with van der Waals surface area (Å²) >= 11 is 0. The molecule has 24 heavy (non-hydrogen) atoms. The predicted molar refractivity (Wildman–Crippen MR) is 87.8 cm³/mol. The van der Waals surface area contributed by atoms with Gasteiger partial charge < -0.3 is 14.6 Å². The number of anilines is 1. The van der Waals surface area contributed by atoms with E-state index in [1.54, 1.807) is 6.07 Å². The zero-order valence-electron chi connectivity index (χ0n) is 14.5. The molecular weight excluding hydrogens is 310 g/mol. The molecule has 0 spiro atoms. The van der Waals surface area contributed by atoms with Crippen LogP contribution in [0.2, 0.25) is 0 Å². The fourth-order valence-corrected chi connectivity index (χ4v) is 3.25. The fourth-order valence-electron chi connectivity index (χ4n) is 3.25. The van der Waals surface area contributed by atoms with Crippen molar-refractivity contribution in [1.29, 1.82) is 0 Å². The molecule has 0 radical (unpaired) electrons. The van der Waals surface area contributed by atoms with Crippen LogP contribution >= 0.6 is 0 Å². The minimum Gasteiger partial charge on any atom is -0.381 e. The van der Waals surface area contributed by atoms with Crippen molar-refractivity contribution < 1.29 is 18.8 Å². The second kappa shape index (κ2) is 6.64. The lowest BCUT2D eigenvalue weighted by atomic mass is 9.93. The Labute approximate surface area is 141 Å². The Morgan fingerprint density at radius 1 is 1.33 bits per heavy atom. The van der Waals surface area contributed by atoms with Crippen LogP contribution in [0.15, 0.2) is 10.6 Å². The molecule has 132 valence electrons. The highest BCUT2D eigenvalue weighted by Crippen LogP contribution is 2.27. The Kier molecular flexibility index (Phi) is 4.73. The van der Waals surface area contributed by atoms with Crippen molar-refractivity contribution in [3.8, 4) is 0 Å². The van der Waals surface area contributed by atoms with Crippen LogP contribution in [0, 0.1) is 0 Å². The summed E-state index contributed by atoms with van der Waals surface area (Å²) in [5.74, 6) is 1.02. The van der Waals surface area contributed by atoms with E-state index in [-0.39, 0.29) is 29.6 Å². The number of ketones is 1. The molecule has 2 fully saturated rings. The number of carbonyl (C=O) groups excluding carboxylic acids is 2. The third kappa shape index (κ3) is 3.67. The summed E-state index contributed by atoms with van der Waals surface area (Å²) in [5.41, 5.74) is -0.173. The number of amides is 1. The van der Waals surface area contributed by atoms with Crippen LogP contribution in [0.5, 0.6) is 0 Å². The topological polar surface area (TPSA) is 84.7 Å². The lowest BCUT2D eigenvalue weighted by Gasteiger charge is -2.33. The summed E-state index contributed by atoms with van der Waals surface area (Å²) in [7, 11) is 0. The number of nitrogens with zero attached hydrogens (tertiary/aromatic N) is 2. The minimum atomic E-state index is -0.435. The van der Waals surface area contributed by atoms with Gasteiger partial charge in [0.2, 0.25) is 5.91 Å². The summed E-state index contributed by atoms with van der Waals surface area (Å²) in [4.78, 5) is 26.6. The van der Waals surface area contributed by atoms with Crippen LogP contribution in [0.25, 0.3) is 0 Å². The van der Waals surface area contributed by atoms with E-state index in [4.69, 9.17) is 9.26 Å². The number of Topliss-reactive ketones (excluding diaryl/α,β-unsaturated/α-hetero) is 1. The molecule has 2 aliphatic rings. The largest absolute Gasteiger partial charge is 0.381 e. The van der Waals surface area contributed by atoms with Crippen molar-refractivity contribution in [2.24, 2.45) is 0 Å². The van der Waals surface area contributed by atoms with E-state index in [2.05, 4.69) is 10.5 Å². The van der Waals surface area contributed by atoms with E-state index in [1.165, 1.54) is 0 Å². The molecule has 0 aliphatic carbocycles. The van der Waals surface area contributed by atoms with Crippen LogP contribution in [-0.2, 0) is 19.7 Å². The molecule has 0 aromatic carbocycles. The van der Waals surface area contributed by atoms with Crippen molar-refractivity contribution in [1.82, 2.24) is 10.1 Å². The molecular formula is C17H25N3O4. The molecule has 0 bridgehead atoms. The lowest BCUT2D eigenvalue weighted by molar-refractivity contribution is -0.122. The van der Waals surface area contributed by atoms with Gasteiger partial charge in [-0.25, -0.2) is 0 Å². The van der Waals surface area contributed by atoms with Crippen molar-refractivity contribution in [2.75, 3.05) is 25.1 Å². The molecule has 2 aliphatic heterocycles. The van der Waals surface area contributed by atoms with E-state index >= 15 is 0 Å². The zero-order chi connectivity index (χ0) is 17.3. The molecule has 1 N–H and O–H groups in total. The fraction of sp³-hybridized carbons (Fsp3) is 0.706. The van der Waals surface area contributed by atoms with Gasteiger partial charge in [-0.05, 0) is 12.8 Å². The van der Waals surface area contributed by atoms with Crippen LogP contribution < -0.4 is 5.32 Å². The molecule has 1 aromatic rings. The summed E-state index contributed by atoms with van der Waals surface area (Å²) in [6.07, 6.45) is 1.97. The van der Waals surface area contributed by atoms with Gasteiger partial charge in [0.25, 0.3) is 0 Å². The molecule has 0 saturated carbocycles. The number of ether oxygens (including phenoxy) is 1. The number of aromatic nitrogens is 1. The molecule has 2 saturated heterocycles. The Bertz CT molecular complexity index is 614. The Morgan fingerprint density at radius 3 is 2.67 bits per heavy atom. The number of hydrogen-bond donors (Lipinski definition) is 1. The number of hydrogen-bond acceptors (Lipinski definition) is 6. The highest BCUT2D eigenvalue weighted by atomic mass is 16.5. The van der Waals surface area contributed by atoms with Gasteiger partial charge in [-0.2, -0.15) is 0 Å². The van der Waals surface area contributed by atoms with E-state index in [9.17, 15) is 9.59 Å². The summed E-state index contributed by atoms with van der Waals surface area (Å²) in [5, 5.41) is 6.72. The normalized spacial score (nSPS) is 23.6. The zero-order valence-corrected chi connectivity index (χ0v) is 14.5. The first-order valence-electron chi connectivity index (χ1n) is 8.48. The molecule has 1 atom stereocenters. The average Bonchev–Trinajstić information content (AvgIpc) is 3.14. The van der Waals surface area contributed by atoms with Gasteiger partial charge in [-0.3, -0.25) is 14.5 Å². The standard InChI is InChI=1S/C17H25N3O4/c1-17(2,3)14-9-15(19-24-14)18-16(22)13-8-12(21)10-20(13)11-4-6-23-7-5-11/h9,11,13H,4-8,10H2,1-3H3,(H,18,19,22)/t13-/m0/s1. The van der Waals surface area contributed by atoms with Gasteiger partial charge in [0.05, 0.1) is 12.6 Å². The third-order valence-electron chi connectivity index (χ3n) is 4.64. The summed E-state index contributed by atoms with van der Waals surface area (Å²) in [6.45, 7) is 7.75. The van der Waals surface area contributed by atoms with Crippen LogP contribution in [0.4, 0.5) is 5.82 Å². The molecule has 3 heterocycles. The quantitative estimate of drug-likeness (QED) is 0.905. The average molecular weight is 335 g/mol. The smallest absolute Gasteiger partial charge is 0.243 e. The second-order valence-electron chi connectivity index (χ2n) is 7.59. The molecule has 3 rings (SSSR count). The number of likely N-dealkylation sites (tertiary alicyclic amines) is 1. The first-order chi connectivity index (χ1) is 11.3. The maximum Gasteiger partial charge on any atom is 0.243 e. The highest BCUT2D eigenvalue weighted by Gasteiger charge is 2.40. The minimum absolute atomic E-state index is 0.108. The molecule has 1 aromatic heterocycles. The predicted octanol–water partition coefficient (Wildman–Crippen LogP) is 1.73. The first-order valence-corrected chi connectivity index (χ1v) is 8.48. The van der Waals surface area contributed by atoms with Gasteiger partial charge in [0.15, 0.2) is 5.82 Å². The van der Waals surface area contributed by atoms with Crippen LogP contribution in [0.3, 0.4) is 0 Å². The Morgan fingerprint density at radius 2 is 2.04 bits per heavy atom. The van der Waals surface area contributed by atoms with Crippen molar-refractivity contribution in [2.45, 2.75) is 57.5 Å². The van der Waals surface area contributed by atoms with Crippen molar-refractivity contribution in [3.63, 3.8) is 0 Å². The maximum absolute atomic E-state index is 12.7. The second-order valence-corrected chi connectivity index (χ2v) is 7.59. The summed E-state index contributed by atoms with van der Waals surface area (Å²) < 4.78 is 10.7. The lowest BCUT2D eigenvalue weighted by Crippen LogP contribution is -2.47. The maximum atomic E-state index is 12.7. The van der Waals surface area contributed by atoms with Gasteiger partial charge in [-0.1, -0.05) is 25.9 Å². The monoisotopic (exact) mass is 335 g/mol. The number of rotatable bonds is 3. The van der Waals surface area contributed by atoms with E-state index < -0.39 is 6.04 Å².